The number of ether oxygens (including phenoxy) is 2. The number of benzene rings is 2. The SMILES string of the molecule is CCCCCO/C(=C\c1cccc(CC)c1)C(=O)c1ccccc1OCCCCC. The van der Waals surface area contributed by atoms with Crippen LogP contribution in [-0.4, -0.2) is 19.0 Å². The maximum atomic E-state index is 13.4. The van der Waals surface area contributed by atoms with E-state index < -0.39 is 0 Å². The fraction of sp³-hybridized carbons (Fsp3) is 0.444. The second-order valence-corrected chi connectivity index (χ2v) is 7.54. The largest absolute Gasteiger partial charge is 0.493 e. The molecule has 0 radical (unpaired) electrons. The molecule has 2 aromatic carbocycles. The van der Waals surface area contributed by atoms with Crippen LogP contribution in [0.2, 0.25) is 0 Å². The molecule has 0 saturated heterocycles. The summed E-state index contributed by atoms with van der Waals surface area (Å²) in [7, 11) is 0. The number of ketones is 1. The molecule has 3 heteroatoms. The van der Waals surface area contributed by atoms with Crippen LogP contribution in [0.15, 0.2) is 54.3 Å². The first-order valence-corrected chi connectivity index (χ1v) is 11.4. The molecule has 3 nitrogen and oxygen atoms in total. The normalized spacial score (nSPS) is 11.4. The Morgan fingerprint density at radius 1 is 0.867 bits per heavy atom. The van der Waals surface area contributed by atoms with Crippen LogP contribution in [0, 0.1) is 0 Å². The zero-order valence-electron chi connectivity index (χ0n) is 18.8. The Balaban J connectivity index is 2.26. The predicted molar refractivity (Wildman–Crippen MR) is 125 cm³/mol. The molecule has 30 heavy (non-hydrogen) atoms. The number of carbonyl (C=O) groups is 1. The van der Waals surface area contributed by atoms with E-state index in [0.717, 1.165) is 50.5 Å². The molecular weight excluding hydrogens is 372 g/mol. The average molecular weight is 409 g/mol. The molecule has 0 atom stereocenters. The molecule has 0 amide bonds. The first-order valence-electron chi connectivity index (χ1n) is 11.4. The molecule has 0 aliphatic heterocycles. The van der Waals surface area contributed by atoms with Crippen molar-refractivity contribution in [1.82, 2.24) is 0 Å². The zero-order valence-corrected chi connectivity index (χ0v) is 18.8. The van der Waals surface area contributed by atoms with Crippen molar-refractivity contribution in [2.45, 2.75) is 65.7 Å². The highest BCUT2D eigenvalue weighted by Gasteiger charge is 2.18. The molecule has 0 saturated carbocycles. The monoisotopic (exact) mass is 408 g/mol. The van der Waals surface area contributed by atoms with Gasteiger partial charge in [-0.15, -0.1) is 0 Å². The van der Waals surface area contributed by atoms with Crippen LogP contribution in [0.4, 0.5) is 0 Å². The second kappa shape index (κ2) is 13.6. The van der Waals surface area contributed by atoms with Crippen molar-refractivity contribution in [3.63, 3.8) is 0 Å². The maximum absolute atomic E-state index is 13.4. The van der Waals surface area contributed by atoms with Gasteiger partial charge in [0.15, 0.2) is 5.76 Å². The summed E-state index contributed by atoms with van der Waals surface area (Å²) in [5, 5.41) is 0. The van der Waals surface area contributed by atoms with Crippen molar-refractivity contribution in [3.8, 4) is 5.75 Å². The predicted octanol–water partition coefficient (Wildman–Crippen LogP) is 7.25. The zero-order chi connectivity index (χ0) is 21.6. The fourth-order valence-corrected chi connectivity index (χ4v) is 3.21. The lowest BCUT2D eigenvalue weighted by Crippen LogP contribution is -2.11. The van der Waals surface area contributed by atoms with E-state index >= 15 is 0 Å². The molecule has 0 spiro atoms. The van der Waals surface area contributed by atoms with Crippen molar-refractivity contribution in [3.05, 3.63) is 71.0 Å². The number of para-hydroxylation sites is 1. The quantitative estimate of drug-likeness (QED) is 0.143. The Labute approximate surface area is 182 Å². The summed E-state index contributed by atoms with van der Waals surface area (Å²) in [6.07, 6.45) is 9.20. The Bertz CT molecular complexity index is 807. The molecule has 0 aromatic heterocycles. The first-order chi connectivity index (χ1) is 14.7. The molecular formula is C27H36O3. The summed E-state index contributed by atoms with van der Waals surface area (Å²) in [6.45, 7) is 7.61. The first kappa shape index (κ1) is 23.7. The number of unbranched alkanes of at least 4 members (excludes halogenated alkanes) is 4. The second-order valence-electron chi connectivity index (χ2n) is 7.54. The molecule has 0 aliphatic carbocycles. The van der Waals surface area contributed by atoms with Gasteiger partial charge in [0.05, 0.1) is 18.8 Å². The van der Waals surface area contributed by atoms with Crippen LogP contribution in [0.5, 0.6) is 5.75 Å². The lowest BCUT2D eigenvalue weighted by Gasteiger charge is -2.14. The van der Waals surface area contributed by atoms with E-state index in [9.17, 15) is 4.79 Å². The van der Waals surface area contributed by atoms with Gasteiger partial charge in [0.1, 0.15) is 5.75 Å². The Morgan fingerprint density at radius 3 is 2.33 bits per heavy atom. The highest BCUT2D eigenvalue weighted by Crippen LogP contribution is 2.24. The summed E-state index contributed by atoms with van der Waals surface area (Å²) in [4.78, 5) is 13.4. The van der Waals surface area contributed by atoms with Crippen molar-refractivity contribution >= 4 is 11.9 Å². The van der Waals surface area contributed by atoms with Gasteiger partial charge in [0.2, 0.25) is 5.78 Å². The summed E-state index contributed by atoms with van der Waals surface area (Å²) in [5.74, 6) is 0.882. The van der Waals surface area contributed by atoms with Crippen molar-refractivity contribution < 1.29 is 14.3 Å². The Kier molecular flexibility index (Phi) is 10.8. The van der Waals surface area contributed by atoms with Crippen LogP contribution in [0.25, 0.3) is 6.08 Å². The minimum Gasteiger partial charge on any atom is -0.493 e. The number of aryl methyl sites for hydroxylation is 1. The number of carbonyl (C=O) groups excluding carboxylic acids is 1. The maximum Gasteiger partial charge on any atom is 0.231 e. The van der Waals surface area contributed by atoms with Gasteiger partial charge in [-0.1, -0.05) is 82.9 Å². The molecule has 0 N–H and O–H groups in total. The third kappa shape index (κ3) is 7.70. The number of rotatable bonds is 14. The van der Waals surface area contributed by atoms with E-state index in [1.165, 1.54) is 5.56 Å². The van der Waals surface area contributed by atoms with Gasteiger partial charge in [0.25, 0.3) is 0 Å². The van der Waals surface area contributed by atoms with E-state index in [4.69, 9.17) is 9.47 Å². The van der Waals surface area contributed by atoms with Crippen LogP contribution in [0.1, 0.15) is 80.8 Å². The van der Waals surface area contributed by atoms with E-state index in [-0.39, 0.29) is 5.78 Å². The topological polar surface area (TPSA) is 35.5 Å². The molecule has 2 aromatic rings. The molecule has 0 bridgehead atoms. The smallest absolute Gasteiger partial charge is 0.231 e. The van der Waals surface area contributed by atoms with Crippen LogP contribution < -0.4 is 4.74 Å². The number of hydrogen-bond acceptors (Lipinski definition) is 3. The molecule has 0 heterocycles. The third-order valence-electron chi connectivity index (χ3n) is 5.02. The lowest BCUT2D eigenvalue weighted by atomic mass is 10.0. The summed E-state index contributed by atoms with van der Waals surface area (Å²) in [6, 6.07) is 15.7. The highest BCUT2D eigenvalue weighted by atomic mass is 16.5. The Hall–Kier alpha value is -2.55. The number of allylic oxidation sites excluding steroid dienone is 1. The van der Waals surface area contributed by atoms with Crippen LogP contribution in [0.3, 0.4) is 0 Å². The average Bonchev–Trinajstić information content (AvgIpc) is 2.78. The molecule has 2 rings (SSSR count). The standard InChI is InChI=1S/C27H36O3/c1-4-7-11-18-29-25-17-10-9-16-24(25)27(28)26(30-19-12-8-5-2)21-23-15-13-14-22(6-3)20-23/h9-10,13-17,20-21H,4-8,11-12,18-19H2,1-3H3/b26-21-. The van der Waals surface area contributed by atoms with Gasteiger partial charge >= 0.3 is 0 Å². The van der Waals surface area contributed by atoms with Gasteiger partial charge in [-0.2, -0.15) is 0 Å². The molecule has 162 valence electrons. The van der Waals surface area contributed by atoms with E-state index in [2.05, 4.69) is 32.9 Å². The van der Waals surface area contributed by atoms with Crippen LogP contribution >= 0.6 is 0 Å². The van der Waals surface area contributed by atoms with Crippen molar-refractivity contribution in [2.24, 2.45) is 0 Å². The number of Topliss-reactive ketones (excluding diaryl/α,β-unsaturated/α-hetero) is 1. The summed E-state index contributed by atoms with van der Waals surface area (Å²) >= 11 is 0. The summed E-state index contributed by atoms with van der Waals surface area (Å²) < 4.78 is 11.9. The van der Waals surface area contributed by atoms with E-state index in [0.29, 0.717) is 30.3 Å². The Morgan fingerprint density at radius 2 is 1.60 bits per heavy atom. The van der Waals surface area contributed by atoms with Gasteiger partial charge in [-0.3, -0.25) is 4.79 Å². The fourth-order valence-electron chi connectivity index (χ4n) is 3.21. The third-order valence-corrected chi connectivity index (χ3v) is 5.02. The van der Waals surface area contributed by atoms with Crippen LogP contribution in [-0.2, 0) is 11.2 Å². The minimum absolute atomic E-state index is 0.125. The molecule has 0 aliphatic rings. The van der Waals surface area contributed by atoms with E-state index in [1.807, 2.05) is 42.5 Å². The van der Waals surface area contributed by atoms with E-state index in [1.54, 1.807) is 0 Å². The highest BCUT2D eigenvalue weighted by molar-refractivity contribution is 6.11. The lowest BCUT2D eigenvalue weighted by molar-refractivity contribution is 0.0915. The van der Waals surface area contributed by atoms with Crippen molar-refractivity contribution in [2.75, 3.05) is 13.2 Å². The van der Waals surface area contributed by atoms with Gasteiger partial charge in [-0.25, -0.2) is 0 Å². The van der Waals surface area contributed by atoms with Crippen molar-refractivity contribution in [1.29, 1.82) is 0 Å². The summed E-state index contributed by atoms with van der Waals surface area (Å²) in [5.41, 5.74) is 2.78. The van der Waals surface area contributed by atoms with Gasteiger partial charge in [0, 0.05) is 0 Å². The van der Waals surface area contributed by atoms with Gasteiger partial charge in [-0.05, 0) is 48.6 Å². The van der Waals surface area contributed by atoms with Gasteiger partial charge < -0.3 is 9.47 Å². The molecule has 0 fully saturated rings. The minimum atomic E-state index is -0.125. The molecule has 0 unspecified atom stereocenters. The number of hydrogen-bond donors (Lipinski definition) is 0.